The first kappa shape index (κ1) is 17.4. The Hall–Kier alpha value is -2.42. The zero-order chi connectivity index (χ0) is 17.9. The topological polar surface area (TPSA) is 97.2 Å². The van der Waals surface area contributed by atoms with Crippen molar-refractivity contribution in [1.29, 1.82) is 0 Å². The number of hydrogen-bond acceptors (Lipinski definition) is 6. The van der Waals surface area contributed by atoms with Crippen LogP contribution in [0.4, 0.5) is 0 Å². The predicted octanol–water partition coefficient (Wildman–Crippen LogP) is 2.95. The van der Waals surface area contributed by atoms with E-state index in [1.807, 2.05) is 30.3 Å². The van der Waals surface area contributed by atoms with Gasteiger partial charge in [-0.1, -0.05) is 72.0 Å². The number of carbonyl (C=O) groups is 1. The van der Waals surface area contributed by atoms with E-state index in [-0.39, 0.29) is 12.0 Å². The van der Waals surface area contributed by atoms with Crippen molar-refractivity contribution in [2.75, 3.05) is 0 Å². The molecule has 0 bridgehead atoms. The van der Waals surface area contributed by atoms with Gasteiger partial charge in [0.1, 0.15) is 10.0 Å². The molecule has 0 radical (unpaired) electrons. The van der Waals surface area contributed by atoms with Gasteiger partial charge in [-0.3, -0.25) is 9.35 Å². The Bertz CT molecular complexity index is 970. The highest BCUT2D eigenvalue weighted by Gasteiger charge is 2.33. The lowest BCUT2D eigenvalue weighted by Gasteiger charge is -2.12. The summed E-state index contributed by atoms with van der Waals surface area (Å²) in [7, 11) is -4.58. The number of hydrogen-bond donors (Lipinski definition) is 1. The summed E-state index contributed by atoms with van der Waals surface area (Å²) in [5.41, 5.74) is 1.09. The summed E-state index contributed by atoms with van der Waals surface area (Å²) in [5.74, 6) is -0.649. The summed E-state index contributed by atoms with van der Waals surface area (Å²) in [6.07, 6.45) is -0.218. The van der Waals surface area contributed by atoms with Crippen molar-refractivity contribution in [2.24, 2.45) is 0 Å². The normalized spacial score (nSPS) is 12.7. The molecule has 1 atom stereocenters. The van der Waals surface area contributed by atoms with Gasteiger partial charge in [-0.05, 0) is 5.56 Å². The SMILES string of the molecule is O=C(Cc1nnc(-c2ccccc2)s1)C(c1ccccc1)S(=O)(=O)O. The minimum atomic E-state index is -4.58. The van der Waals surface area contributed by atoms with Crippen LogP contribution in [-0.2, 0) is 21.3 Å². The van der Waals surface area contributed by atoms with Gasteiger partial charge in [-0.2, -0.15) is 8.42 Å². The van der Waals surface area contributed by atoms with Crippen LogP contribution in [0, 0.1) is 0 Å². The van der Waals surface area contributed by atoms with E-state index in [0.717, 1.165) is 5.56 Å². The third-order valence-electron chi connectivity index (χ3n) is 3.51. The Morgan fingerprint density at radius 1 is 1.00 bits per heavy atom. The molecule has 0 saturated carbocycles. The van der Waals surface area contributed by atoms with Gasteiger partial charge < -0.3 is 0 Å². The molecule has 1 heterocycles. The average molecular weight is 374 g/mol. The lowest BCUT2D eigenvalue weighted by atomic mass is 10.1. The fourth-order valence-corrected chi connectivity index (χ4v) is 4.19. The van der Waals surface area contributed by atoms with E-state index in [0.29, 0.717) is 10.0 Å². The van der Waals surface area contributed by atoms with Crippen LogP contribution >= 0.6 is 11.3 Å². The molecule has 6 nitrogen and oxygen atoms in total. The first-order chi connectivity index (χ1) is 11.9. The summed E-state index contributed by atoms with van der Waals surface area (Å²) < 4.78 is 32.9. The van der Waals surface area contributed by atoms with Crippen LogP contribution in [0.25, 0.3) is 10.6 Å². The standard InChI is InChI=1S/C17H14N2O4S2/c20-14(16(25(21,22)23)12-7-3-1-4-8-12)11-15-18-19-17(24-15)13-9-5-2-6-10-13/h1-10,16H,11H2,(H,21,22,23). The molecule has 0 amide bonds. The molecular formula is C17H14N2O4S2. The highest BCUT2D eigenvalue weighted by molar-refractivity contribution is 7.86. The molecule has 3 aromatic rings. The first-order valence-electron chi connectivity index (χ1n) is 7.37. The molecule has 1 aromatic heterocycles. The van der Waals surface area contributed by atoms with Gasteiger partial charge in [-0.15, -0.1) is 10.2 Å². The second kappa shape index (κ2) is 7.22. The van der Waals surface area contributed by atoms with E-state index >= 15 is 0 Å². The number of benzene rings is 2. The van der Waals surface area contributed by atoms with E-state index in [9.17, 15) is 17.8 Å². The number of Topliss-reactive ketones (excluding diaryl/α,β-unsaturated/α-hetero) is 1. The molecule has 0 saturated heterocycles. The van der Waals surface area contributed by atoms with Crippen LogP contribution in [0.1, 0.15) is 15.8 Å². The Kier molecular flexibility index (Phi) is 5.03. The average Bonchev–Trinajstić information content (AvgIpc) is 3.04. The quantitative estimate of drug-likeness (QED) is 0.666. The van der Waals surface area contributed by atoms with E-state index in [1.165, 1.54) is 23.5 Å². The molecule has 0 fully saturated rings. The largest absolute Gasteiger partial charge is 0.297 e. The van der Waals surface area contributed by atoms with Crippen molar-refractivity contribution in [1.82, 2.24) is 10.2 Å². The van der Waals surface area contributed by atoms with Crippen LogP contribution in [0.5, 0.6) is 0 Å². The van der Waals surface area contributed by atoms with Crippen LogP contribution in [-0.4, -0.2) is 29.0 Å². The maximum Gasteiger partial charge on any atom is 0.279 e. The van der Waals surface area contributed by atoms with Crippen LogP contribution < -0.4 is 0 Å². The molecule has 1 N–H and O–H groups in total. The molecule has 1 unspecified atom stereocenters. The van der Waals surface area contributed by atoms with Gasteiger partial charge in [0.25, 0.3) is 10.1 Å². The molecule has 8 heteroatoms. The highest BCUT2D eigenvalue weighted by Crippen LogP contribution is 2.27. The summed E-state index contributed by atoms with van der Waals surface area (Å²) in [4.78, 5) is 12.5. The van der Waals surface area contributed by atoms with Crippen LogP contribution in [0.3, 0.4) is 0 Å². The van der Waals surface area contributed by atoms with Gasteiger partial charge >= 0.3 is 0 Å². The molecule has 2 aromatic carbocycles. The summed E-state index contributed by atoms with van der Waals surface area (Å²) in [6, 6.07) is 17.3. The summed E-state index contributed by atoms with van der Waals surface area (Å²) >= 11 is 1.22. The number of rotatable bonds is 6. The second-order valence-electron chi connectivity index (χ2n) is 5.32. The van der Waals surface area contributed by atoms with Crippen molar-refractivity contribution >= 4 is 27.2 Å². The lowest BCUT2D eigenvalue weighted by molar-refractivity contribution is -0.118. The van der Waals surface area contributed by atoms with Crippen LogP contribution in [0.15, 0.2) is 60.7 Å². The first-order valence-corrected chi connectivity index (χ1v) is 9.69. The molecule has 3 rings (SSSR count). The van der Waals surface area contributed by atoms with Gasteiger partial charge in [0.05, 0.1) is 6.42 Å². The zero-order valence-electron chi connectivity index (χ0n) is 12.9. The molecule has 0 aliphatic rings. The molecule has 128 valence electrons. The molecule has 0 aliphatic carbocycles. The van der Waals surface area contributed by atoms with Crippen molar-refractivity contribution in [3.05, 3.63) is 71.2 Å². The van der Waals surface area contributed by atoms with E-state index < -0.39 is 21.2 Å². The van der Waals surface area contributed by atoms with Crippen LogP contribution in [0.2, 0.25) is 0 Å². The Labute approximate surface area is 148 Å². The number of aromatic nitrogens is 2. The predicted molar refractivity (Wildman–Crippen MR) is 94.8 cm³/mol. The third kappa shape index (κ3) is 4.16. The Balaban J connectivity index is 1.84. The minimum absolute atomic E-state index is 0.218. The lowest BCUT2D eigenvalue weighted by Crippen LogP contribution is -2.23. The maximum atomic E-state index is 12.5. The molecule has 0 aliphatic heterocycles. The number of ketones is 1. The molecule has 25 heavy (non-hydrogen) atoms. The van der Waals surface area contributed by atoms with Crippen molar-refractivity contribution < 1.29 is 17.8 Å². The summed E-state index contributed by atoms with van der Waals surface area (Å²) in [6.45, 7) is 0. The monoisotopic (exact) mass is 374 g/mol. The van der Waals surface area contributed by atoms with Crippen molar-refractivity contribution in [3.8, 4) is 10.6 Å². The maximum absolute atomic E-state index is 12.5. The van der Waals surface area contributed by atoms with Gasteiger partial charge in [0, 0.05) is 5.56 Å². The van der Waals surface area contributed by atoms with Gasteiger partial charge in [-0.25, -0.2) is 0 Å². The van der Waals surface area contributed by atoms with E-state index in [1.54, 1.807) is 18.2 Å². The number of carbonyl (C=O) groups excluding carboxylic acids is 1. The van der Waals surface area contributed by atoms with Gasteiger partial charge in [0.15, 0.2) is 11.0 Å². The zero-order valence-corrected chi connectivity index (χ0v) is 14.6. The van der Waals surface area contributed by atoms with Crippen molar-refractivity contribution in [2.45, 2.75) is 11.7 Å². The van der Waals surface area contributed by atoms with E-state index in [4.69, 9.17) is 0 Å². The fourth-order valence-electron chi connectivity index (χ4n) is 2.42. The second-order valence-corrected chi connectivity index (χ2v) is 7.88. The fraction of sp³-hybridized carbons (Fsp3) is 0.118. The number of nitrogens with zero attached hydrogens (tertiary/aromatic N) is 2. The molecule has 0 spiro atoms. The Morgan fingerprint density at radius 2 is 1.60 bits per heavy atom. The van der Waals surface area contributed by atoms with Crippen molar-refractivity contribution in [3.63, 3.8) is 0 Å². The Morgan fingerprint density at radius 3 is 2.20 bits per heavy atom. The smallest absolute Gasteiger partial charge is 0.279 e. The molecular weight excluding hydrogens is 360 g/mol. The van der Waals surface area contributed by atoms with E-state index in [2.05, 4.69) is 10.2 Å². The summed E-state index contributed by atoms with van der Waals surface area (Å²) in [5, 5.41) is 7.41. The minimum Gasteiger partial charge on any atom is -0.297 e. The third-order valence-corrected chi connectivity index (χ3v) is 5.61. The van der Waals surface area contributed by atoms with Gasteiger partial charge in [0.2, 0.25) is 0 Å². The highest BCUT2D eigenvalue weighted by atomic mass is 32.2.